The fraction of sp³-hybridized carbons (Fsp3) is 0.438. The summed E-state index contributed by atoms with van der Waals surface area (Å²) < 4.78 is 18.7. The van der Waals surface area contributed by atoms with Crippen LogP contribution in [-0.2, 0) is 12.3 Å². The first-order valence-electron chi connectivity index (χ1n) is 7.92. The second-order valence-corrected chi connectivity index (χ2v) is 6.82. The topological polar surface area (TPSA) is 70.8 Å². The number of aromatic amines is 1. The first-order valence-corrected chi connectivity index (χ1v) is 9.32. The standard InChI is InChI=1S/C16H18FN5OS/c1-24-9-14-20-15(23-21-14)8-22-6-2-3-13(22)16-18-11-5-4-10(17)7-12(11)19-16/h4-5,7,13H,2-3,6,8-9H2,1H3,(H,18,19). The van der Waals surface area contributed by atoms with Crippen molar-refractivity contribution >= 4 is 22.8 Å². The Morgan fingerprint density at radius 2 is 2.33 bits per heavy atom. The smallest absolute Gasteiger partial charge is 0.240 e. The van der Waals surface area contributed by atoms with Gasteiger partial charge in [0.1, 0.15) is 11.6 Å². The number of likely N-dealkylation sites (tertiary alicyclic amines) is 1. The number of halogens is 1. The summed E-state index contributed by atoms with van der Waals surface area (Å²) in [4.78, 5) is 14.6. The van der Waals surface area contributed by atoms with Crippen molar-refractivity contribution in [3.05, 3.63) is 41.6 Å². The van der Waals surface area contributed by atoms with E-state index in [0.717, 1.165) is 47.8 Å². The van der Waals surface area contributed by atoms with E-state index in [1.165, 1.54) is 12.1 Å². The largest absolute Gasteiger partial charge is 0.341 e. The Bertz CT molecular complexity index is 848. The van der Waals surface area contributed by atoms with E-state index in [2.05, 4.69) is 25.0 Å². The Balaban J connectivity index is 1.54. The highest BCUT2D eigenvalue weighted by Gasteiger charge is 2.30. The molecule has 1 saturated heterocycles. The molecule has 24 heavy (non-hydrogen) atoms. The quantitative estimate of drug-likeness (QED) is 0.764. The summed E-state index contributed by atoms with van der Waals surface area (Å²) >= 11 is 1.67. The summed E-state index contributed by atoms with van der Waals surface area (Å²) in [5.74, 6) is 2.73. The molecule has 4 rings (SSSR count). The zero-order chi connectivity index (χ0) is 16.5. The average molecular weight is 347 g/mol. The molecular formula is C16H18FN5OS. The number of H-pyrrole nitrogens is 1. The lowest BCUT2D eigenvalue weighted by atomic mass is 10.2. The minimum Gasteiger partial charge on any atom is -0.341 e. The number of nitrogens with one attached hydrogen (secondary N) is 1. The van der Waals surface area contributed by atoms with E-state index in [0.29, 0.717) is 12.4 Å². The second kappa shape index (κ2) is 6.52. The molecule has 0 amide bonds. The van der Waals surface area contributed by atoms with Crippen LogP contribution in [0.25, 0.3) is 11.0 Å². The highest BCUT2D eigenvalue weighted by molar-refractivity contribution is 7.97. The number of aromatic nitrogens is 4. The van der Waals surface area contributed by atoms with Gasteiger partial charge < -0.3 is 9.51 Å². The number of imidazole rings is 1. The molecule has 0 aliphatic carbocycles. The van der Waals surface area contributed by atoms with Crippen LogP contribution in [0.5, 0.6) is 0 Å². The van der Waals surface area contributed by atoms with Crippen molar-refractivity contribution in [2.45, 2.75) is 31.2 Å². The molecule has 0 radical (unpaired) electrons. The fourth-order valence-electron chi connectivity index (χ4n) is 3.20. The molecule has 3 heterocycles. The summed E-state index contributed by atoms with van der Waals surface area (Å²) in [5, 5.41) is 3.99. The van der Waals surface area contributed by atoms with Crippen molar-refractivity contribution in [1.29, 1.82) is 0 Å². The van der Waals surface area contributed by atoms with Crippen LogP contribution in [0.1, 0.15) is 36.4 Å². The number of hydrogen-bond donors (Lipinski definition) is 1. The molecular weight excluding hydrogens is 329 g/mol. The van der Waals surface area contributed by atoms with Crippen molar-refractivity contribution < 1.29 is 8.91 Å². The van der Waals surface area contributed by atoms with Gasteiger partial charge in [0.15, 0.2) is 5.82 Å². The van der Waals surface area contributed by atoms with E-state index in [4.69, 9.17) is 4.52 Å². The van der Waals surface area contributed by atoms with Crippen LogP contribution in [-0.4, -0.2) is 37.8 Å². The Kier molecular flexibility index (Phi) is 4.24. The number of nitrogens with zero attached hydrogens (tertiary/aromatic N) is 4. The second-order valence-electron chi connectivity index (χ2n) is 5.95. The summed E-state index contributed by atoms with van der Waals surface area (Å²) in [6.07, 6.45) is 4.10. The molecule has 1 aliphatic rings. The van der Waals surface area contributed by atoms with Gasteiger partial charge in [-0.25, -0.2) is 9.37 Å². The van der Waals surface area contributed by atoms with E-state index in [9.17, 15) is 4.39 Å². The summed E-state index contributed by atoms with van der Waals surface area (Å²) in [6.45, 7) is 1.56. The van der Waals surface area contributed by atoms with Gasteiger partial charge in [0.05, 0.1) is 29.4 Å². The monoisotopic (exact) mass is 347 g/mol. The maximum atomic E-state index is 13.4. The SMILES string of the molecule is CSCc1noc(CN2CCCC2c2nc3ccc(F)cc3[nH]2)n1. The number of thioether (sulfide) groups is 1. The summed E-state index contributed by atoms with van der Waals surface area (Å²) in [6, 6.07) is 4.79. The molecule has 0 bridgehead atoms. The maximum absolute atomic E-state index is 13.4. The molecule has 1 unspecified atom stereocenters. The molecule has 2 aromatic heterocycles. The third kappa shape index (κ3) is 3.03. The van der Waals surface area contributed by atoms with E-state index in [1.54, 1.807) is 17.8 Å². The molecule has 1 aromatic carbocycles. The maximum Gasteiger partial charge on any atom is 0.240 e. The third-order valence-electron chi connectivity index (χ3n) is 4.26. The fourth-order valence-corrected chi connectivity index (χ4v) is 3.58. The van der Waals surface area contributed by atoms with E-state index in [1.807, 2.05) is 6.26 Å². The predicted molar refractivity (Wildman–Crippen MR) is 90.0 cm³/mol. The van der Waals surface area contributed by atoms with Gasteiger partial charge in [0, 0.05) is 0 Å². The predicted octanol–water partition coefficient (Wildman–Crippen LogP) is 3.29. The van der Waals surface area contributed by atoms with Crippen LogP contribution in [0.2, 0.25) is 0 Å². The Labute approximate surface area is 142 Å². The zero-order valence-corrected chi connectivity index (χ0v) is 14.1. The first-order chi connectivity index (χ1) is 11.7. The van der Waals surface area contributed by atoms with Crippen LogP contribution in [0, 0.1) is 5.82 Å². The van der Waals surface area contributed by atoms with E-state index >= 15 is 0 Å². The van der Waals surface area contributed by atoms with Gasteiger partial charge in [-0.1, -0.05) is 5.16 Å². The van der Waals surface area contributed by atoms with Crippen LogP contribution in [0.3, 0.4) is 0 Å². The van der Waals surface area contributed by atoms with Crippen LogP contribution in [0.15, 0.2) is 22.7 Å². The van der Waals surface area contributed by atoms with E-state index < -0.39 is 0 Å². The highest BCUT2D eigenvalue weighted by Crippen LogP contribution is 2.32. The third-order valence-corrected chi connectivity index (χ3v) is 4.81. The average Bonchev–Trinajstić information content (AvgIpc) is 3.27. The van der Waals surface area contributed by atoms with Crippen molar-refractivity contribution in [2.75, 3.05) is 12.8 Å². The van der Waals surface area contributed by atoms with Crippen LogP contribution in [0.4, 0.5) is 4.39 Å². The highest BCUT2D eigenvalue weighted by atomic mass is 32.2. The number of fused-ring (bicyclic) bond motifs is 1. The molecule has 1 fully saturated rings. The molecule has 8 heteroatoms. The Morgan fingerprint density at radius 1 is 1.42 bits per heavy atom. The van der Waals surface area contributed by atoms with Crippen molar-refractivity contribution in [1.82, 2.24) is 25.0 Å². The van der Waals surface area contributed by atoms with Crippen molar-refractivity contribution in [3.63, 3.8) is 0 Å². The van der Waals surface area contributed by atoms with Gasteiger partial charge in [0.2, 0.25) is 5.89 Å². The Hall–Kier alpha value is -1.93. The lowest BCUT2D eigenvalue weighted by Gasteiger charge is -2.20. The Morgan fingerprint density at radius 3 is 3.21 bits per heavy atom. The van der Waals surface area contributed by atoms with Crippen molar-refractivity contribution in [3.8, 4) is 0 Å². The first kappa shape index (κ1) is 15.6. The molecule has 126 valence electrons. The molecule has 0 saturated carbocycles. The summed E-state index contributed by atoms with van der Waals surface area (Å²) in [5.41, 5.74) is 1.52. The van der Waals surface area contributed by atoms with Gasteiger partial charge in [-0.05, 0) is 43.8 Å². The lowest BCUT2D eigenvalue weighted by Crippen LogP contribution is -2.23. The minimum atomic E-state index is -0.256. The molecule has 3 aromatic rings. The number of rotatable bonds is 5. The van der Waals surface area contributed by atoms with Gasteiger partial charge in [-0.15, -0.1) is 0 Å². The number of benzene rings is 1. The molecule has 0 spiro atoms. The number of hydrogen-bond acceptors (Lipinski definition) is 6. The zero-order valence-electron chi connectivity index (χ0n) is 13.3. The van der Waals surface area contributed by atoms with Gasteiger partial charge in [0.25, 0.3) is 0 Å². The van der Waals surface area contributed by atoms with Gasteiger partial charge in [-0.3, -0.25) is 4.90 Å². The summed E-state index contributed by atoms with van der Waals surface area (Å²) in [7, 11) is 0. The van der Waals surface area contributed by atoms with Gasteiger partial charge in [-0.2, -0.15) is 16.7 Å². The van der Waals surface area contributed by atoms with Crippen LogP contribution >= 0.6 is 11.8 Å². The van der Waals surface area contributed by atoms with Crippen LogP contribution < -0.4 is 0 Å². The van der Waals surface area contributed by atoms with E-state index in [-0.39, 0.29) is 11.9 Å². The van der Waals surface area contributed by atoms with Crippen molar-refractivity contribution in [2.24, 2.45) is 0 Å². The molecule has 6 nitrogen and oxygen atoms in total. The van der Waals surface area contributed by atoms with Gasteiger partial charge >= 0.3 is 0 Å². The minimum absolute atomic E-state index is 0.163. The lowest BCUT2D eigenvalue weighted by molar-refractivity contribution is 0.207. The normalized spacial score (nSPS) is 18.7. The molecule has 1 N–H and O–H groups in total. The molecule has 1 atom stereocenters. The molecule has 1 aliphatic heterocycles.